The van der Waals surface area contributed by atoms with E-state index in [1.165, 1.54) is 44.8 Å². The van der Waals surface area contributed by atoms with Gasteiger partial charge in [0.1, 0.15) is 36.5 Å². The lowest BCUT2D eigenvalue weighted by atomic mass is 10.0. The highest BCUT2D eigenvalue weighted by Gasteiger charge is 2.21. The highest BCUT2D eigenvalue weighted by Crippen LogP contribution is 2.31. The van der Waals surface area contributed by atoms with E-state index in [1.807, 2.05) is 48.5 Å². The summed E-state index contributed by atoms with van der Waals surface area (Å²) in [6, 6.07) is 50.8. The van der Waals surface area contributed by atoms with E-state index >= 15 is 0 Å². The summed E-state index contributed by atoms with van der Waals surface area (Å²) in [4.78, 5) is 9.20. The summed E-state index contributed by atoms with van der Waals surface area (Å²) in [5.74, 6) is 4.03. The van der Waals surface area contributed by atoms with Gasteiger partial charge in [-0.25, -0.2) is 0 Å². The summed E-state index contributed by atoms with van der Waals surface area (Å²) in [5.41, 5.74) is 10.00. The van der Waals surface area contributed by atoms with Crippen molar-refractivity contribution in [2.45, 2.75) is 32.6 Å². The zero-order chi connectivity index (χ0) is 36.8. The maximum Gasteiger partial charge on any atom is 0.161 e. The molecular formula is C47H46N4O4. The number of ether oxygens (including phenoxy) is 4. The van der Waals surface area contributed by atoms with Gasteiger partial charge in [0.15, 0.2) is 13.5 Å². The van der Waals surface area contributed by atoms with Crippen molar-refractivity contribution in [3.63, 3.8) is 0 Å². The fourth-order valence-corrected chi connectivity index (χ4v) is 7.58. The molecule has 8 heteroatoms. The molecule has 0 spiro atoms. The molecule has 0 N–H and O–H groups in total. The van der Waals surface area contributed by atoms with Crippen molar-refractivity contribution in [3.8, 4) is 23.0 Å². The molecule has 0 amide bonds. The Morgan fingerprint density at radius 2 is 0.673 bits per heavy atom. The van der Waals surface area contributed by atoms with Crippen LogP contribution in [-0.2, 0) is 32.6 Å². The fourth-order valence-electron chi connectivity index (χ4n) is 7.58. The quantitative estimate of drug-likeness (QED) is 0.162. The lowest BCUT2D eigenvalue weighted by Gasteiger charge is -2.33. The van der Waals surface area contributed by atoms with Crippen LogP contribution in [0.5, 0.6) is 23.0 Å². The topological polar surface area (TPSA) is 49.9 Å². The van der Waals surface area contributed by atoms with Gasteiger partial charge in [0, 0.05) is 72.9 Å². The zero-order valence-electron chi connectivity index (χ0n) is 31.1. The molecular weight excluding hydrogens is 685 g/mol. The predicted molar refractivity (Wildman–Crippen MR) is 217 cm³/mol. The van der Waals surface area contributed by atoms with Crippen LogP contribution >= 0.6 is 0 Å². The SMILES string of the molecule is c1ccc2c(c1)CN(CCN1COc3ccccc3C1)CO2.c1ccc2c(c1)CN(c1ccc(Cc3ccc(N4COc5ccccc5C4)cc3)cc1)CO2. The highest BCUT2D eigenvalue weighted by atomic mass is 16.5. The minimum absolute atomic E-state index is 0.586. The average molecular weight is 731 g/mol. The molecule has 6 aromatic carbocycles. The maximum absolute atomic E-state index is 5.91. The van der Waals surface area contributed by atoms with Crippen LogP contribution in [0.25, 0.3) is 0 Å². The minimum atomic E-state index is 0.586. The summed E-state index contributed by atoms with van der Waals surface area (Å²) in [6.07, 6.45) is 0.916. The largest absolute Gasteiger partial charge is 0.478 e. The van der Waals surface area contributed by atoms with Crippen molar-refractivity contribution < 1.29 is 18.9 Å². The second-order valence-electron chi connectivity index (χ2n) is 14.5. The molecule has 6 aromatic rings. The number of nitrogens with zero attached hydrogens (tertiary/aromatic N) is 4. The Bertz CT molecular complexity index is 2050. The second kappa shape index (κ2) is 16.2. The van der Waals surface area contributed by atoms with E-state index in [1.54, 1.807) is 0 Å². The number of rotatable bonds is 7. The lowest BCUT2D eigenvalue weighted by molar-refractivity contribution is 0.0522. The molecule has 0 atom stereocenters. The first-order valence-electron chi connectivity index (χ1n) is 19.2. The normalized spacial score (nSPS) is 16.0. The van der Waals surface area contributed by atoms with E-state index in [0.29, 0.717) is 26.9 Å². The Morgan fingerprint density at radius 1 is 0.345 bits per heavy atom. The van der Waals surface area contributed by atoms with Crippen LogP contribution in [0.15, 0.2) is 146 Å². The van der Waals surface area contributed by atoms with Gasteiger partial charge in [-0.3, -0.25) is 9.80 Å². The summed E-state index contributed by atoms with van der Waals surface area (Å²) < 4.78 is 23.4. The van der Waals surface area contributed by atoms with Crippen molar-refractivity contribution in [1.29, 1.82) is 0 Å². The highest BCUT2D eigenvalue weighted by molar-refractivity contribution is 5.53. The van der Waals surface area contributed by atoms with E-state index < -0.39 is 0 Å². The third-order valence-corrected chi connectivity index (χ3v) is 10.7. The number of anilines is 2. The van der Waals surface area contributed by atoms with Gasteiger partial charge in [-0.05, 0) is 66.1 Å². The van der Waals surface area contributed by atoms with Crippen LogP contribution < -0.4 is 28.7 Å². The molecule has 0 aromatic heterocycles. The molecule has 0 saturated carbocycles. The van der Waals surface area contributed by atoms with Crippen molar-refractivity contribution in [3.05, 3.63) is 179 Å². The molecule has 55 heavy (non-hydrogen) atoms. The number of fused-ring (bicyclic) bond motifs is 4. The van der Waals surface area contributed by atoms with Crippen LogP contribution in [-0.4, -0.2) is 49.8 Å². The number of benzene rings is 6. The third-order valence-electron chi connectivity index (χ3n) is 10.7. The third kappa shape index (κ3) is 8.26. The van der Waals surface area contributed by atoms with Crippen molar-refractivity contribution >= 4 is 11.4 Å². The van der Waals surface area contributed by atoms with Crippen molar-refractivity contribution in [1.82, 2.24) is 9.80 Å². The van der Waals surface area contributed by atoms with Gasteiger partial charge in [-0.15, -0.1) is 0 Å². The Morgan fingerprint density at radius 3 is 1.05 bits per heavy atom. The Kier molecular flexibility index (Phi) is 10.2. The van der Waals surface area contributed by atoms with Crippen LogP contribution in [0, 0.1) is 0 Å². The molecule has 0 aliphatic carbocycles. The summed E-state index contributed by atoms with van der Waals surface area (Å²) in [5, 5.41) is 0. The van der Waals surface area contributed by atoms with E-state index in [-0.39, 0.29) is 0 Å². The number of hydrogen-bond donors (Lipinski definition) is 0. The Hall–Kier alpha value is -5.96. The Balaban J connectivity index is 0.000000157. The van der Waals surface area contributed by atoms with Crippen LogP contribution in [0.1, 0.15) is 33.4 Å². The van der Waals surface area contributed by atoms with Crippen molar-refractivity contribution in [2.75, 3.05) is 49.8 Å². The molecule has 0 unspecified atom stereocenters. The molecule has 10 rings (SSSR count). The molecule has 0 radical (unpaired) electrons. The molecule has 0 bridgehead atoms. The first-order valence-corrected chi connectivity index (χ1v) is 19.2. The van der Waals surface area contributed by atoms with Crippen LogP contribution in [0.2, 0.25) is 0 Å². The minimum Gasteiger partial charge on any atom is -0.478 e. The van der Waals surface area contributed by atoms with Gasteiger partial charge >= 0.3 is 0 Å². The van der Waals surface area contributed by atoms with E-state index in [2.05, 4.69) is 117 Å². The van der Waals surface area contributed by atoms with Crippen LogP contribution in [0.3, 0.4) is 0 Å². The maximum atomic E-state index is 5.91. The summed E-state index contributed by atoms with van der Waals surface area (Å²) >= 11 is 0. The summed E-state index contributed by atoms with van der Waals surface area (Å²) in [6.45, 7) is 8.15. The molecule has 0 fully saturated rings. The smallest absolute Gasteiger partial charge is 0.161 e. The van der Waals surface area contributed by atoms with Gasteiger partial charge in [0.2, 0.25) is 0 Å². The standard InChI is InChI=1S/C29H26N2O2.C18H20N2O2/c1-3-7-28-24(5-1)18-30(20-32-28)26-13-9-22(10-14-26)17-23-11-15-27(16-12-23)31-19-25-6-2-4-8-29(25)33-21-31;1-3-7-17-15(5-1)11-19(13-21-17)9-10-20-12-16-6-2-4-8-18(16)22-14-20/h1-16H,17-21H2;1-8H,9-14H2. The van der Waals surface area contributed by atoms with E-state index in [4.69, 9.17) is 18.9 Å². The summed E-state index contributed by atoms with van der Waals surface area (Å²) in [7, 11) is 0. The van der Waals surface area contributed by atoms with Gasteiger partial charge < -0.3 is 28.7 Å². The zero-order valence-corrected chi connectivity index (χ0v) is 31.1. The van der Waals surface area contributed by atoms with Crippen LogP contribution in [0.4, 0.5) is 11.4 Å². The van der Waals surface area contributed by atoms with Gasteiger partial charge in [-0.2, -0.15) is 0 Å². The number of para-hydroxylation sites is 4. The fraction of sp³-hybridized carbons (Fsp3) is 0.234. The van der Waals surface area contributed by atoms with E-state index in [9.17, 15) is 0 Å². The average Bonchev–Trinajstić information content (AvgIpc) is 3.26. The predicted octanol–water partition coefficient (Wildman–Crippen LogP) is 8.68. The second-order valence-corrected chi connectivity index (χ2v) is 14.5. The lowest BCUT2D eigenvalue weighted by Crippen LogP contribution is -2.41. The monoisotopic (exact) mass is 730 g/mol. The molecule has 0 saturated heterocycles. The van der Waals surface area contributed by atoms with Gasteiger partial charge in [0.05, 0.1) is 0 Å². The molecule has 4 aliphatic rings. The number of hydrogen-bond acceptors (Lipinski definition) is 8. The molecule has 8 nitrogen and oxygen atoms in total. The molecule has 4 heterocycles. The first kappa shape index (κ1) is 34.8. The Labute approximate surface area is 323 Å². The first-order chi connectivity index (χ1) is 27.2. The van der Waals surface area contributed by atoms with E-state index in [0.717, 1.165) is 68.7 Å². The molecule has 4 aliphatic heterocycles. The van der Waals surface area contributed by atoms with Gasteiger partial charge in [0.25, 0.3) is 0 Å². The van der Waals surface area contributed by atoms with Crippen molar-refractivity contribution in [2.24, 2.45) is 0 Å². The molecule has 278 valence electrons. The van der Waals surface area contributed by atoms with Gasteiger partial charge in [-0.1, -0.05) is 97.1 Å².